The summed E-state index contributed by atoms with van der Waals surface area (Å²) in [4.78, 5) is 4.66. The number of thioether (sulfide) groups is 1. The molecule has 0 aliphatic carbocycles. The van der Waals surface area contributed by atoms with Crippen molar-refractivity contribution in [1.82, 2.24) is 25.4 Å². The summed E-state index contributed by atoms with van der Waals surface area (Å²) in [6, 6.07) is 0. The summed E-state index contributed by atoms with van der Waals surface area (Å²) < 4.78 is 2.09. The van der Waals surface area contributed by atoms with Crippen LogP contribution >= 0.6 is 11.8 Å². The molecular weight excluding hydrogens is 308 g/mol. The second-order valence-corrected chi connectivity index (χ2v) is 6.42. The second kappa shape index (κ2) is 13.2. The Balaban J connectivity index is 2.37. The van der Waals surface area contributed by atoms with E-state index in [0.717, 1.165) is 56.6 Å². The van der Waals surface area contributed by atoms with Gasteiger partial charge in [0.15, 0.2) is 5.96 Å². The van der Waals surface area contributed by atoms with E-state index in [9.17, 15) is 0 Å². The molecule has 0 atom stereocenters. The van der Waals surface area contributed by atoms with Crippen LogP contribution in [0.1, 0.15) is 45.4 Å². The highest BCUT2D eigenvalue weighted by Gasteiger charge is 2.02. The fourth-order valence-electron chi connectivity index (χ4n) is 2.19. The highest BCUT2D eigenvalue weighted by atomic mass is 32.2. The summed E-state index contributed by atoms with van der Waals surface area (Å²) in [5.41, 5.74) is 0. The molecule has 0 fully saturated rings. The van der Waals surface area contributed by atoms with E-state index in [-0.39, 0.29) is 0 Å². The smallest absolute Gasteiger partial charge is 0.191 e. The Morgan fingerprint density at radius 2 is 2.04 bits per heavy atom. The molecule has 0 saturated carbocycles. The van der Waals surface area contributed by atoms with Crippen LogP contribution in [-0.4, -0.2) is 52.4 Å². The fraction of sp³-hybridized carbons (Fsp3) is 0.812. The summed E-state index contributed by atoms with van der Waals surface area (Å²) in [5.74, 6) is 3.11. The van der Waals surface area contributed by atoms with Gasteiger partial charge in [-0.15, -0.1) is 10.2 Å². The number of guanidine groups is 1. The Bertz CT molecular complexity index is 432. The molecule has 1 rings (SSSR count). The quantitative estimate of drug-likeness (QED) is 0.347. The number of unbranched alkanes of at least 4 members (excludes halogenated alkanes) is 2. The molecule has 0 aliphatic heterocycles. The minimum atomic E-state index is 0.827. The predicted octanol–water partition coefficient (Wildman–Crippen LogP) is 2.32. The SMILES string of the molecule is CCCCCNC(=NCCCSC)NCCn1cnnc1CC. The number of hydrogen-bond donors (Lipinski definition) is 2. The van der Waals surface area contributed by atoms with E-state index in [1.807, 2.05) is 11.8 Å². The first-order chi connectivity index (χ1) is 11.3. The normalized spacial score (nSPS) is 11.7. The maximum Gasteiger partial charge on any atom is 0.191 e. The summed E-state index contributed by atoms with van der Waals surface area (Å²) in [7, 11) is 0. The third-order valence-corrected chi connectivity index (χ3v) is 4.20. The van der Waals surface area contributed by atoms with Crippen molar-refractivity contribution in [2.45, 2.75) is 52.5 Å². The molecule has 0 amide bonds. The fourth-order valence-corrected chi connectivity index (χ4v) is 2.61. The Labute approximate surface area is 144 Å². The maximum atomic E-state index is 4.66. The van der Waals surface area contributed by atoms with Crippen molar-refractivity contribution < 1.29 is 0 Å². The largest absolute Gasteiger partial charge is 0.356 e. The van der Waals surface area contributed by atoms with Gasteiger partial charge < -0.3 is 15.2 Å². The van der Waals surface area contributed by atoms with Gasteiger partial charge in [0, 0.05) is 32.6 Å². The molecule has 0 aliphatic rings. The topological polar surface area (TPSA) is 67.1 Å². The lowest BCUT2D eigenvalue weighted by Crippen LogP contribution is -2.39. The van der Waals surface area contributed by atoms with Crippen LogP contribution in [0.3, 0.4) is 0 Å². The van der Waals surface area contributed by atoms with Crippen LogP contribution in [-0.2, 0) is 13.0 Å². The molecule has 0 radical (unpaired) electrons. The van der Waals surface area contributed by atoms with Gasteiger partial charge in [-0.3, -0.25) is 4.99 Å². The first kappa shape index (κ1) is 19.8. The van der Waals surface area contributed by atoms with E-state index in [1.165, 1.54) is 19.3 Å². The molecule has 23 heavy (non-hydrogen) atoms. The molecule has 7 heteroatoms. The first-order valence-electron chi connectivity index (χ1n) is 8.69. The summed E-state index contributed by atoms with van der Waals surface area (Å²) in [6.07, 6.45) is 9.64. The molecule has 0 unspecified atom stereocenters. The van der Waals surface area contributed by atoms with Crippen molar-refractivity contribution in [3.63, 3.8) is 0 Å². The molecule has 1 aromatic rings. The molecule has 1 aromatic heterocycles. The molecule has 6 nitrogen and oxygen atoms in total. The van der Waals surface area contributed by atoms with Crippen molar-refractivity contribution in [3.8, 4) is 0 Å². The van der Waals surface area contributed by atoms with Crippen LogP contribution in [0.25, 0.3) is 0 Å². The van der Waals surface area contributed by atoms with Gasteiger partial charge >= 0.3 is 0 Å². The number of aromatic nitrogens is 3. The first-order valence-corrected chi connectivity index (χ1v) is 10.1. The molecule has 132 valence electrons. The Hall–Kier alpha value is -1.24. The number of hydrogen-bond acceptors (Lipinski definition) is 4. The van der Waals surface area contributed by atoms with E-state index in [4.69, 9.17) is 0 Å². The number of rotatable bonds is 12. The lowest BCUT2D eigenvalue weighted by Gasteiger charge is -2.13. The lowest BCUT2D eigenvalue weighted by atomic mass is 10.2. The van der Waals surface area contributed by atoms with Crippen molar-refractivity contribution in [2.75, 3.05) is 31.6 Å². The molecule has 0 bridgehead atoms. The lowest BCUT2D eigenvalue weighted by molar-refractivity contribution is 0.625. The van der Waals surface area contributed by atoms with Gasteiger partial charge in [-0.1, -0.05) is 26.7 Å². The van der Waals surface area contributed by atoms with E-state index in [0.29, 0.717) is 0 Å². The van der Waals surface area contributed by atoms with Gasteiger partial charge in [-0.2, -0.15) is 11.8 Å². The van der Waals surface area contributed by atoms with Crippen LogP contribution in [0.2, 0.25) is 0 Å². The van der Waals surface area contributed by atoms with Gasteiger partial charge in [-0.25, -0.2) is 0 Å². The molecule has 0 aromatic carbocycles. The second-order valence-electron chi connectivity index (χ2n) is 5.43. The van der Waals surface area contributed by atoms with Crippen LogP contribution in [0.5, 0.6) is 0 Å². The van der Waals surface area contributed by atoms with Crippen molar-refractivity contribution in [1.29, 1.82) is 0 Å². The van der Waals surface area contributed by atoms with Gasteiger partial charge in [0.1, 0.15) is 12.2 Å². The van der Waals surface area contributed by atoms with E-state index >= 15 is 0 Å². The van der Waals surface area contributed by atoms with Crippen LogP contribution in [0.4, 0.5) is 0 Å². The van der Waals surface area contributed by atoms with E-state index in [2.05, 4.69) is 50.5 Å². The molecule has 0 saturated heterocycles. The third-order valence-electron chi connectivity index (χ3n) is 3.51. The molecule has 0 spiro atoms. The average Bonchev–Trinajstić information content (AvgIpc) is 3.02. The van der Waals surface area contributed by atoms with Gasteiger partial charge in [0.05, 0.1) is 0 Å². The van der Waals surface area contributed by atoms with Gasteiger partial charge in [-0.05, 0) is 24.9 Å². The van der Waals surface area contributed by atoms with Crippen molar-refractivity contribution >= 4 is 17.7 Å². The third kappa shape index (κ3) is 8.83. The predicted molar refractivity (Wildman–Crippen MR) is 100 cm³/mol. The number of nitrogens with zero attached hydrogens (tertiary/aromatic N) is 4. The van der Waals surface area contributed by atoms with Crippen LogP contribution in [0.15, 0.2) is 11.3 Å². The summed E-state index contributed by atoms with van der Waals surface area (Å²) in [5, 5.41) is 14.9. The van der Waals surface area contributed by atoms with Gasteiger partial charge in [0.2, 0.25) is 0 Å². The number of nitrogens with one attached hydrogen (secondary N) is 2. The minimum absolute atomic E-state index is 0.827. The zero-order chi connectivity index (χ0) is 16.8. The zero-order valence-electron chi connectivity index (χ0n) is 14.8. The zero-order valence-corrected chi connectivity index (χ0v) is 15.7. The Kier molecular flexibility index (Phi) is 11.4. The molecule has 2 N–H and O–H groups in total. The van der Waals surface area contributed by atoms with Crippen LogP contribution in [0, 0.1) is 0 Å². The molecule has 1 heterocycles. The van der Waals surface area contributed by atoms with E-state index in [1.54, 1.807) is 6.33 Å². The Morgan fingerprint density at radius 3 is 2.78 bits per heavy atom. The average molecular weight is 341 g/mol. The van der Waals surface area contributed by atoms with Crippen molar-refractivity contribution in [2.24, 2.45) is 4.99 Å². The van der Waals surface area contributed by atoms with Crippen molar-refractivity contribution in [3.05, 3.63) is 12.2 Å². The van der Waals surface area contributed by atoms with E-state index < -0.39 is 0 Å². The molecular formula is C16H32N6S. The maximum absolute atomic E-state index is 4.66. The summed E-state index contributed by atoms with van der Waals surface area (Å²) in [6.45, 7) is 7.86. The van der Waals surface area contributed by atoms with Gasteiger partial charge in [0.25, 0.3) is 0 Å². The van der Waals surface area contributed by atoms with Crippen LogP contribution < -0.4 is 10.6 Å². The standard InChI is InChI=1S/C16H32N6S/c1-4-6-7-9-17-16(18-10-8-13-23-3)19-11-12-22-14-20-21-15(22)5-2/h14H,4-13H2,1-3H3,(H2,17,18,19). The highest BCUT2D eigenvalue weighted by molar-refractivity contribution is 7.98. The highest BCUT2D eigenvalue weighted by Crippen LogP contribution is 1.96. The minimum Gasteiger partial charge on any atom is -0.356 e. The Morgan fingerprint density at radius 1 is 1.22 bits per heavy atom. The number of aliphatic imine (C=N–C) groups is 1. The monoisotopic (exact) mass is 340 g/mol. The number of aryl methyl sites for hydroxylation is 1. The summed E-state index contributed by atoms with van der Waals surface area (Å²) >= 11 is 1.87.